The van der Waals surface area contributed by atoms with Crippen LogP contribution in [0.4, 0.5) is 0 Å². The highest BCUT2D eigenvalue weighted by Crippen LogP contribution is 2.38. The molecule has 0 aliphatic rings. The van der Waals surface area contributed by atoms with Crippen LogP contribution in [0.15, 0.2) is 36.4 Å². The summed E-state index contributed by atoms with van der Waals surface area (Å²) in [5.74, 6) is 0.572. The first-order valence-corrected chi connectivity index (χ1v) is 7.97. The highest BCUT2D eigenvalue weighted by atomic mass is 79.9. The SMILES string of the molecule is COc1cc(Cl)c(C(Br)Cc2cccc(Cl)c2)cc1Cl. The minimum atomic E-state index is 0.0527. The fourth-order valence-electron chi connectivity index (χ4n) is 1.92. The van der Waals surface area contributed by atoms with Gasteiger partial charge in [-0.1, -0.05) is 62.9 Å². The van der Waals surface area contributed by atoms with Gasteiger partial charge < -0.3 is 4.74 Å². The average molecular weight is 395 g/mol. The second-order valence-electron chi connectivity index (χ2n) is 4.31. The molecule has 106 valence electrons. The summed E-state index contributed by atoms with van der Waals surface area (Å²) in [5, 5.41) is 1.89. The summed E-state index contributed by atoms with van der Waals surface area (Å²) >= 11 is 22.1. The zero-order chi connectivity index (χ0) is 14.7. The summed E-state index contributed by atoms with van der Waals surface area (Å²) in [6.45, 7) is 0. The van der Waals surface area contributed by atoms with Gasteiger partial charge in [-0.2, -0.15) is 0 Å². The van der Waals surface area contributed by atoms with E-state index in [0.717, 1.165) is 22.6 Å². The number of ether oxygens (including phenoxy) is 1. The smallest absolute Gasteiger partial charge is 0.138 e. The molecular weight excluding hydrogens is 382 g/mol. The fourth-order valence-corrected chi connectivity index (χ4v) is 3.55. The van der Waals surface area contributed by atoms with Crippen LogP contribution in [0.2, 0.25) is 15.1 Å². The molecule has 0 saturated heterocycles. The molecule has 5 heteroatoms. The van der Waals surface area contributed by atoms with Gasteiger partial charge >= 0.3 is 0 Å². The number of hydrogen-bond donors (Lipinski definition) is 0. The molecule has 0 saturated carbocycles. The molecule has 0 amide bonds. The van der Waals surface area contributed by atoms with E-state index in [9.17, 15) is 0 Å². The summed E-state index contributed by atoms with van der Waals surface area (Å²) < 4.78 is 5.15. The Morgan fingerprint density at radius 1 is 1.10 bits per heavy atom. The van der Waals surface area contributed by atoms with Gasteiger partial charge in [0.15, 0.2) is 0 Å². The first-order chi connectivity index (χ1) is 9.51. The largest absolute Gasteiger partial charge is 0.495 e. The van der Waals surface area contributed by atoms with Crippen LogP contribution in [-0.2, 0) is 6.42 Å². The van der Waals surface area contributed by atoms with E-state index in [1.807, 2.05) is 30.3 Å². The van der Waals surface area contributed by atoms with Gasteiger partial charge in [0.05, 0.1) is 12.1 Å². The predicted molar refractivity (Wildman–Crippen MR) is 89.8 cm³/mol. The third-order valence-electron chi connectivity index (χ3n) is 2.91. The standard InChI is InChI=1S/C15H12BrCl3O/c1-20-15-8-13(18)11(7-14(15)19)12(16)6-9-3-2-4-10(17)5-9/h2-5,7-8,12H,6H2,1H3. The Morgan fingerprint density at radius 3 is 2.50 bits per heavy atom. The van der Waals surface area contributed by atoms with E-state index in [4.69, 9.17) is 39.5 Å². The topological polar surface area (TPSA) is 9.23 Å². The lowest BCUT2D eigenvalue weighted by Gasteiger charge is -2.14. The zero-order valence-corrected chi connectivity index (χ0v) is 14.5. The van der Waals surface area contributed by atoms with Crippen molar-refractivity contribution in [3.8, 4) is 5.75 Å². The summed E-state index contributed by atoms with van der Waals surface area (Å²) in [6.07, 6.45) is 0.767. The van der Waals surface area contributed by atoms with Crippen molar-refractivity contribution >= 4 is 50.7 Å². The molecule has 1 nitrogen and oxygen atoms in total. The third kappa shape index (κ3) is 3.82. The Labute approximate surface area is 141 Å². The molecule has 0 radical (unpaired) electrons. The van der Waals surface area contributed by atoms with Crippen molar-refractivity contribution < 1.29 is 4.74 Å². The van der Waals surface area contributed by atoms with E-state index in [0.29, 0.717) is 15.8 Å². The quantitative estimate of drug-likeness (QED) is 0.550. The summed E-state index contributed by atoms with van der Waals surface area (Å²) in [6, 6.07) is 11.3. The molecular formula is C15H12BrCl3O. The Kier molecular flexibility index (Phi) is 5.62. The van der Waals surface area contributed by atoms with Gasteiger partial charge in [-0.25, -0.2) is 0 Å². The van der Waals surface area contributed by atoms with E-state index in [1.165, 1.54) is 0 Å². The molecule has 1 unspecified atom stereocenters. The minimum Gasteiger partial charge on any atom is -0.495 e. The molecule has 0 aromatic heterocycles. The number of methoxy groups -OCH3 is 1. The van der Waals surface area contributed by atoms with Gasteiger partial charge in [0, 0.05) is 20.9 Å². The van der Waals surface area contributed by atoms with Crippen molar-refractivity contribution in [2.45, 2.75) is 11.2 Å². The van der Waals surface area contributed by atoms with Crippen LogP contribution < -0.4 is 4.74 Å². The Hall–Kier alpha value is -0.410. The van der Waals surface area contributed by atoms with Crippen molar-refractivity contribution in [2.24, 2.45) is 0 Å². The molecule has 2 aromatic rings. The zero-order valence-electron chi connectivity index (χ0n) is 10.7. The average Bonchev–Trinajstić information content (AvgIpc) is 2.40. The molecule has 2 aromatic carbocycles. The normalized spacial score (nSPS) is 12.2. The lowest BCUT2D eigenvalue weighted by molar-refractivity contribution is 0.415. The van der Waals surface area contributed by atoms with Gasteiger partial charge in [0.2, 0.25) is 0 Å². The summed E-state index contributed by atoms with van der Waals surface area (Å²) in [7, 11) is 1.56. The lowest BCUT2D eigenvalue weighted by atomic mass is 10.0. The van der Waals surface area contributed by atoms with Crippen molar-refractivity contribution in [1.29, 1.82) is 0 Å². The molecule has 0 spiro atoms. The van der Waals surface area contributed by atoms with Crippen LogP contribution in [0.1, 0.15) is 16.0 Å². The second-order valence-corrected chi connectivity index (χ2v) is 6.67. The Balaban J connectivity index is 2.25. The van der Waals surface area contributed by atoms with E-state index >= 15 is 0 Å². The Morgan fingerprint density at radius 2 is 1.85 bits per heavy atom. The lowest BCUT2D eigenvalue weighted by Crippen LogP contribution is -1.97. The molecule has 1 atom stereocenters. The second kappa shape index (κ2) is 7.04. The molecule has 0 fully saturated rings. The number of alkyl halides is 1. The van der Waals surface area contributed by atoms with Gasteiger partial charge in [0.1, 0.15) is 5.75 Å². The molecule has 20 heavy (non-hydrogen) atoms. The number of halogens is 4. The van der Waals surface area contributed by atoms with Crippen LogP contribution in [0.3, 0.4) is 0 Å². The monoisotopic (exact) mass is 392 g/mol. The van der Waals surface area contributed by atoms with E-state index < -0.39 is 0 Å². The maximum atomic E-state index is 6.28. The predicted octanol–water partition coefficient (Wildman–Crippen LogP) is 6.33. The maximum absolute atomic E-state index is 6.28. The molecule has 0 N–H and O–H groups in total. The third-order valence-corrected chi connectivity index (χ3v) is 4.59. The van der Waals surface area contributed by atoms with Gasteiger partial charge in [-0.05, 0) is 35.7 Å². The van der Waals surface area contributed by atoms with Crippen molar-refractivity contribution in [3.05, 3.63) is 62.6 Å². The van der Waals surface area contributed by atoms with Crippen LogP contribution in [0, 0.1) is 0 Å². The fraction of sp³-hybridized carbons (Fsp3) is 0.200. The highest BCUT2D eigenvalue weighted by molar-refractivity contribution is 9.09. The van der Waals surface area contributed by atoms with Crippen LogP contribution in [-0.4, -0.2) is 7.11 Å². The van der Waals surface area contributed by atoms with E-state index in [-0.39, 0.29) is 4.83 Å². The number of rotatable bonds is 4. The summed E-state index contributed by atoms with van der Waals surface area (Å²) in [4.78, 5) is 0.0527. The van der Waals surface area contributed by atoms with Gasteiger partial charge in [-0.3, -0.25) is 0 Å². The van der Waals surface area contributed by atoms with Crippen molar-refractivity contribution in [2.75, 3.05) is 7.11 Å². The van der Waals surface area contributed by atoms with Crippen molar-refractivity contribution in [1.82, 2.24) is 0 Å². The molecule has 0 heterocycles. The molecule has 2 rings (SSSR count). The van der Waals surface area contributed by atoms with E-state index in [2.05, 4.69) is 15.9 Å². The molecule has 0 aliphatic heterocycles. The first-order valence-electron chi connectivity index (χ1n) is 5.92. The Bertz CT molecular complexity index is 616. The van der Waals surface area contributed by atoms with Gasteiger partial charge in [-0.15, -0.1) is 0 Å². The van der Waals surface area contributed by atoms with Crippen LogP contribution >= 0.6 is 50.7 Å². The number of benzene rings is 2. The number of hydrogen-bond acceptors (Lipinski definition) is 1. The maximum Gasteiger partial charge on any atom is 0.138 e. The first kappa shape index (κ1) is 16.0. The van der Waals surface area contributed by atoms with E-state index in [1.54, 1.807) is 13.2 Å². The summed E-state index contributed by atoms with van der Waals surface area (Å²) in [5.41, 5.74) is 2.06. The molecule has 0 bridgehead atoms. The minimum absolute atomic E-state index is 0.0527. The van der Waals surface area contributed by atoms with Gasteiger partial charge in [0.25, 0.3) is 0 Å². The highest BCUT2D eigenvalue weighted by Gasteiger charge is 2.15. The molecule has 0 aliphatic carbocycles. The van der Waals surface area contributed by atoms with Crippen LogP contribution in [0.25, 0.3) is 0 Å². The van der Waals surface area contributed by atoms with Crippen molar-refractivity contribution in [3.63, 3.8) is 0 Å². The van der Waals surface area contributed by atoms with Crippen LogP contribution in [0.5, 0.6) is 5.75 Å².